The van der Waals surface area contributed by atoms with Gasteiger partial charge < -0.3 is 9.13 Å². The van der Waals surface area contributed by atoms with Gasteiger partial charge in [-0.1, -0.05) is 118 Å². The van der Waals surface area contributed by atoms with Crippen LogP contribution in [0.5, 0.6) is 0 Å². The molecule has 0 atom stereocenters. The average Bonchev–Trinajstić information content (AvgIpc) is 3.92. The van der Waals surface area contributed by atoms with E-state index in [1.54, 1.807) is 12.1 Å². The van der Waals surface area contributed by atoms with Crippen molar-refractivity contribution in [3.05, 3.63) is 108 Å². The van der Waals surface area contributed by atoms with Crippen molar-refractivity contribution in [2.24, 2.45) is 0 Å². The maximum Gasteiger partial charge on any atom is 4.00 e. The van der Waals surface area contributed by atoms with Crippen molar-refractivity contribution in [2.75, 3.05) is 22.2 Å². The SMILES string of the molecule is CCCCCC[Si](C)(C)N(CCCC)c1ccc(F)[c-]c1F.CCCCCC[Si](C)(C)N(CCCC)c1ccc(F)[c-]c1F.[C-]1=CC=CC1.[C-]1=CC=CC1.[Ti+4]. The Morgan fingerprint density at radius 2 is 0.891 bits per heavy atom. The summed E-state index contributed by atoms with van der Waals surface area (Å²) >= 11 is 0. The van der Waals surface area contributed by atoms with Gasteiger partial charge in [0.05, 0.1) is 0 Å². The van der Waals surface area contributed by atoms with Crippen LogP contribution >= 0.6 is 0 Å². The fourth-order valence-corrected chi connectivity index (χ4v) is 12.3. The Morgan fingerprint density at radius 1 is 0.527 bits per heavy atom. The van der Waals surface area contributed by atoms with Crippen LogP contribution in [0, 0.1) is 47.6 Å². The molecule has 304 valence electrons. The molecule has 0 bridgehead atoms. The standard InChI is InChI=1S/2C18H30F2NSi.2C5H5.Ti/c2*1-5-7-9-10-14-22(3,4)21(13-8-6-2)18-12-11-16(19)15-17(18)20;2*1-2-4-5-3-1;/h2*11-12H,5-10,13-14H2,1-4H3;2*1-3H,4H2;/q4*-1;+4. The number of benzene rings is 2. The number of allylic oxidation sites excluding steroid dienone is 8. The number of nitrogens with zero attached hydrogens (tertiary/aromatic N) is 2. The number of hydrogen-bond donors (Lipinski definition) is 0. The molecule has 4 rings (SSSR count). The zero-order chi connectivity index (χ0) is 40.2. The van der Waals surface area contributed by atoms with E-state index in [2.05, 4.69) is 99.5 Å². The van der Waals surface area contributed by atoms with Gasteiger partial charge in [-0.15, -0.1) is 49.2 Å². The monoisotopic (exact) mass is 830 g/mol. The second-order valence-electron chi connectivity index (χ2n) is 15.3. The van der Waals surface area contributed by atoms with Crippen molar-refractivity contribution in [1.82, 2.24) is 0 Å². The molecule has 2 aliphatic carbocycles. The minimum atomic E-state index is -1.76. The summed E-state index contributed by atoms with van der Waals surface area (Å²) in [6.45, 7) is 19.5. The third-order valence-corrected chi connectivity index (χ3v) is 16.7. The van der Waals surface area contributed by atoms with E-state index < -0.39 is 39.7 Å². The molecule has 2 aromatic rings. The van der Waals surface area contributed by atoms with Crippen LogP contribution in [-0.2, 0) is 21.7 Å². The maximum atomic E-state index is 14.2. The summed E-state index contributed by atoms with van der Waals surface area (Å²) in [5.74, 6) is -2.35. The summed E-state index contributed by atoms with van der Waals surface area (Å²) in [4.78, 5) is 0. The first-order valence-electron chi connectivity index (χ1n) is 20.6. The Hall–Kier alpha value is -2.13. The van der Waals surface area contributed by atoms with Gasteiger partial charge in [-0.3, -0.25) is 12.2 Å². The summed E-state index contributed by atoms with van der Waals surface area (Å²) in [5.41, 5.74) is 1.06. The van der Waals surface area contributed by atoms with Crippen LogP contribution in [0.25, 0.3) is 0 Å². The second kappa shape index (κ2) is 30.9. The van der Waals surface area contributed by atoms with Crippen molar-refractivity contribution in [3.8, 4) is 0 Å². The molecule has 0 fully saturated rings. The first-order chi connectivity index (χ1) is 25.8. The van der Waals surface area contributed by atoms with Crippen molar-refractivity contribution in [1.29, 1.82) is 0 Å². The van der Waals surface area contributed by atoms with Gasteiger partial charge in [-0.2, -0.15) is 12.2 Å². The van der Waals surface area contributed by atoms with Gasteiger partial charge in [0.1, 0.15) is 16.5 Å². The van der Waals surface area contributed by atoms with E-state index in [4.69, 9.17) is 0 Å². The predicted octanol–water partition coefficient (Wildman–Crippen LogP) is 14.9. The molecule has 55 heavy (non-hydrogen) atoms. The number of anilines is 2. The van der Waals surface area contributed by atoms with Crippen LogP contribution in [0.4, 0.5) is 28.9 Å². The van der Waals surface area contributed by atoms with Crippen LogP contribution in [0.15, 0.2) is 60.7 Å². The van der Waals surface area contributed by atoms with Crippen LogP contribution in [-0.4, -0.2) is 29.6 Å². The number of halogens is 4. The number of rotatable bonds is 20. The molecule has 0 N–H and O–H groups in total. The van der Waals surface area contributed by atoms with Crippen molar-refractivity contribution < 1.29 is 39.3 Å². The number of hydrogen-bond acceptors (Lipinski definition) is 2. The Balaban J connectivity index is 0.000000828. The molecular formula is C46H70F4N2Si2Ti. The summed E-state index contributed by atoms with van der Waals surface area (Å²) in [6, 6.07) is 12.5. The molecule has 2 aliphatic rings. The molecule has 0 saturated carbocycles. The van der Waals surface area contributed by atoms with Gasteiger partial charge in [0.2, 0.25) is 0 Å². The van der Waals surface area contributed by atoms with Gasteiger partial charge in [0.15, 0.2) is 0 Å². The minimum Gasteiger partial charge on any atom is -0.449 e. The summed E-state index contributed by atoms with van der Waals surface area (Å²) in [6.07, 6.45) is 34.1. The van der Waals surface area contributed by atoms with Crippen LogP contribution in [0.2, 0.25) is 38.3 Å². The third kappa shape index (κ3) is 22.4. The Labute approximate surface area is 351 Å². The van der Waals surface area contributed by atoms with Gasteiger partial charge in [-0.05, 0) is 49.4 Å². The summed E-state index contributed by atoms with van der Waals surface area (Å²) < 4.78 is 59.1. The fourth-order valence-electron chi connectivity index (χ4n) is 6.34. The molecule has 0 spiro atoms. The first kappa shape index (κ1) is 52.9. The molecule has 0 saturated heterocycles. The van der Waals surface area contributed by atoms with Gasteiger partial charge in [0.25, 0.3) is 0 Å². The van der Waals surface area contributed by atoms with Crippen LogP contribution in [0.3, 0.4) is 0 Å². The van der Waals surface area contributed by atoms with Crippen LogP contribution < -0.4 is 9.13 Å². The molecule has 0 aromatic heterocycles. The zero-order valence-electron chi connectivity index (χ0n) is 35.4. The summed E-state index contributed by atoms with van der Waals surface area (Å²) in [7, 11) is -3.52. The van der Waals surface area contributed by atoms with E-state index in [1.165, 1.54) is 63.5 Å². The largest absolute Gasteiger partial charge is 4.00 e. The van der Waals surface area contributed by atoms with E-state index >= 15 is 0 Å². The molecule has 0 aliphatic heterocycles. The predicted molar refractivity (Wildman–Crippen MR) is 231 cm³/mol. The topological polar surface area (TPSA) is 6.48 Å². The molecular weight excluding hydrogens is 761 g/mol. The normalized spacial score (nSPS) is 12.6. The van der Waals surface area contributed by atoms with E-state index in [0.717, 1.165) is 63.7 Å². The Morgan fingerprint density at radius 3 is 1.15 bits per heavy atom. The molecule has 2 nitrogen and oxygen atoms in total. The first-order valence-corrected chi connectivity index (χ1v) is 26.9. The van der Waals surface area contributed by atoms with Crippen molar-refractivity contribution >= 4 is 27.8 Å². The van der Waals surface area contributed by atoms with Crippen molar-refractivity contribution in [3.63, 3.8) is 0 Å². The molecule has 0 unspecified atom stereocenters. The minimum absolute atomic E-state index is 0. The second-order valence-corrected chi connectivity index (χ2v) is 24.6. The van der Waals surface area contributed by atoms with E-state index in [-0.39, 0.29) is 21.7 Å². The van der Waals surface area contributed by atoms with Gasteiger partial charge in [0, 0.05) is 23.3 Å². The molecule has 0 radical (unpaired) electrons. The van der Waals surface area contributed by atoms with Crippen molar-refractivity contribution in [2.45, 2.75) is 156 Å². The Bertz CT molecular complexity index is 1280. The Kier molecular flexibility index (Phi) is 29.7. The zero-order valence-corrected chi connectivity index (χ0v) is 39.0. The molecule has 0 amide bonds. The average molecular weight is 831 g/mol. The fraction of sp³-hybridized carbons (Fsp3) is 0.565. The number of unbranched alkanes of at least 4 members (excludes halogenated alkanes) is 8. The van der Waals surface area contributed by atoms with E-state index in [1.807, 2.05) is 24.3 Å². The molecule has 0 heterocycles. The third-order valence-electron chi connectivity index (χ3n) is 9.65. The quantitative estimate of drug-likeness (QED) is 0.0568. The summed E-state index contributed by atoms with van der Waals surface area (Å²) in [5, 5.41) is 0. The van der Waals surface area contributed by atoms with Gasteiger partial charge in [-0.25, -0.2) is 41.9 Å². The van der Waals surface area contributed by atoms with Crippen LogP contribution in [0.1, 0.15) is 118 Å². The molecule has 2 aromatic carbocycles. The van der Waals surface area contributed by atoms with Gasteiger partial charge >= 0.3 is 21.7 Å². The van der Waals surface area contributed by atoms with E-state index in [0.29, 0.717) is 11.4 Å². The smallest absolute Gasteiger partial charge is 0.449 e. The van der Waals surface area contributed by atoms with E-state index in [9.17, 15) is 17.6 Å². The maximum absolute atomic E-state index is 14.2. The molecule has 9 heteroatoms.